The summed E-state index contributed by atoms with van der Waals surface area (Å²) in [5, 5.41) is 20.3. The van der Waals surface area contributed by atoms with Crippen molar-refractivity contribution < 1.29 is 9.90 Å². The topological polar surface area (TPSA) is 80.0 Å². The lowest BCUT2D eigenvalue weighted by Crippen LogP contribution is -2.24. The zero-order valence-corrected chi connectivity index (χ0v) is 9.63. The van der Waals surface area contributed by atoms with Crippen LogP contribution in [-0.4, -0.2) is 32.6 Å². The average Bonchev–Trinajstić information content (AvgIpc) is 2.82. The molecule has 1 aliphatic heterocycles. The summed E-state index contributed by atoms with van der Waals surface area (Å²) in [7, 11) is 0. The van der Waals surface area contributed by atoms with Gasteiger partial charge >= 0.3 is 5.97 Å². The molecule has 0 aliphatic carbocycles. The van der Waals surface area contributed by atoms with Gasteiger partial charge in [0, 0.05) is 19.5 Å². The van der Waals surface area contributed by atoms with Crippen molar-refractivity contribution >= 4 is 5.97 Å². The summed E-state index contributed by atoms with van der Waals surface area (Å²) in [6.45, 7) is 1.65. The second-order valence-electron chi connectivity index (χ2n) is 4.17. The van der Waals surface area contributed by atoms with Crippen molar-refractivity contribution in [3.05, 3.63) is 41.2 Å². The summed E-state index contributed by atoms with van der Waals surface area (Å²) in [5.74, 6) is -0.925. The van der Waals surface area contributed by atoms with Gasteiger partial charge in [0.1, 0.15) is 5.69 Å². The van der Waals surface area contributed by atoms with Crippen LogP contribution in [-0.2, 0) is 13.0 Å². The predicted molar refractivity (Wildman–Crippen MR) is 63.7 cm³/mol. The van der Waals surface area contributed by atoms with Gasteiger partial charge in [-0.3, -0.25) is 0 Å². The van der Waals surface area contributed by atoms with Crippen LogP contribution in [0.4, 0.5) is 0 Å². The number of rotatable bonds is 2. The van der Waals surface area contributed by atoms with Gasteiger partial charge in [-0.25, -0.2) is 9.48 Å². The van der Waals surface area contributed by atoms with E-state index >= 15 is 0 Å². The Kier molecular flexibility index (Phi) is 2.56. The molecule has 92 valence electrons. The van der Waals surface area contributed by atoms with Crippen LogP contribution in [0, 0.1) is 0 Å². The summed E-state index contributed by atoms with van der Waals surface area (Å²) in [6.07, 6.45) is 0.878. The predicted octanol–water partition coefficient (Wildman–Crippen LogP) is 0.611. The smallest absolute Gasteiger partial charge is 0.335 e. The molecule has 6 nitrogen and oxygen atoms in total. The Hall–Kier alpha value is -2.21. The highest BCUT2D eigenvalue weighted by molar-refractivity contribution is 5.87. The molecule has 0 saturated carbocycles. The van der Waals surface area contributed by atoms with Gasteiger partial charge in [0.2, 0.25) is 0 Å². The Bertz CT molecular complexity index is 589. The van der Waals surface area contributed by atoms with E-state index in [0.29, 0.717) is 0 Å². The van der Waals surface area contributed by atoms with Crippen molar-refractivity contribution in [1.82, 2.24) is 20.3 Å². The van der Waals surface area contributed by atoms with E-state index in [-0.39, 0.29) is 5.56 Å². The van der Waals surface area contributed by atoms with E-state index in [9.17, 15) is 4.79 Å². The van der Waals surface area contributed by atoms with Crippen LogP contribution in [0.1, 0.15) is 21.7 Å². The third-order valence-corrected chi connectivity index (χ3v) is 3.03. The molecule has 2 heterocycles. The second-order valence-corrected chi connectivity index (χ2v) is 4.17. The van der Waals surface area contributed by atoms with Gasteiger partial charge in [0.25, 0.3) is 0 Å². The number of aromatic carboxylic acids is 1. The highest BCUT2D eigenvalue weighted by Gasteiger charge is 2.17. The Morgan fingerprint density at radius 1 is 1.33 bits per heavy atom. The minimum absolute atomic E-state index is 0.273. The fraction of sp³-hybridized carbons (Fsp3) is 0.250. The number of benzene rings is 1. The van der Waals surface area contributed by atoms with Crippen molar-refractivity contribution in [2.45, 2.75) is 13.0 Å². The number of hydrogen-bond acceptors (Lipinski definition) is 4. The Morgan fingerprint density at radius 2 is 2.11 bits per heavy atom. The number of carboxylic acids is 1. The second kappa shape index (κ2) is 4.23. The number of fused-ring (bicyclic) bond motifs is 1. The van der Waals surface area contributed by atoms with E-state index in [2.05, 4.69) is 15.6 Å². The first-order chi connectivity index (χ1) is 8.75. The van der Waals surface area contributed by atoms with Crippen LogP contribution in [0.3, 0.4) is 0 Å². The number of nitrogens with zero attached hydrogens (tertiary/aromatic N) is 3. The maximum atomic E-state index is 10.8. The minimum Gasteiger partial charge on any atom is -0.478 e. The van der Waals surface area contributed by atoms with Gasteiger partial charge in [-0.1, -0.05) is 5.21 Å². The van der Waals surface area contributed by atoms with Crippen LogP contribution in [0.5, 0.6) is 0 Å². The first-order valence-electron chi connectivity index (χ1n) is 5.73. The number of aromatic nitrogens is 3. The molecule has 0 fully saturated rings. The first kappa shape index (κ1) is 10.9. The molecule has 0 bridgehead atoms. The quantitative estimate of drug-likeness (QED) is 0.809. The molecule has 1 aliphatic rings. The third kappa shape index (κ3) is 1.76. The molecule has 0 spiro atoms. The van der Waals surface area contributed by atoms with E-state index in [0.717, 1.165) is 36.6 Å². The minimum atomic E-state index is -0.925. The van der Waals surface area contributed by atoms with Crippen molar-refractivity contribution in [2.75, 3.05) is 6.54 Å². The molecule has 6 heteroatoms. The van der Waals surface area contributed by atoms with Gasteiger partial charge in [-0.2, -0.15) is 0 Å². The Balaban J connectivity index is 1.99. The Morgan fingerprint density at radius 3 is 2.83 bits per heavy atom. The van der Waals surface area contributed by atoms with E-state index < -0.39 is 5.97 Å². The molecule has 2 aromatic rings. The molecule has 1 aromatic heterocycles. The molecular formula is C12H12N4O2. The molecule has 18 heavy (non-hydrogen) atoms. The standard InChI is InChI=1S/C12H12N4O2/c17-12(18)8-1-3-9(4-2-8)16-11-5-6-13-7-10(11)14-15-16/h1-4,13H,5-7H2,(H,17,18). The van der Waals surface area contributed by atoms with Gasteiger partial charge in [0.05, 0.1) is 16.9 Å². The molecular weight excluding hydrogens is 232 g/mol. The zero-order chi connectivity index (χ0) is 12.5. The lowest BCUT2D eigenvalue weighted by Gasteiger charge is -2.13. The summed E-state index contributed by atoms with van der Waals surface area (Å²) in [4.78, 5) is 10.8. The van der Waals surface area contributed by atoms with Crippen molar-refractivity contribution in [3.8, 4) is 5.69 Å². The van der Waals surface area contributed by atoms with Crippen LogP contribution in [0.25, 0.3) is 5.69 Å². The zero-order valence-electron chi connectivity index (χ0n) is 9.63. The van der Waals surface area contributed by atoms with E-state index in [1.165, 1.54) is 0 Å². The largest absolute Gasteiger partial charge is 0.478 e. The average molecular weight is 244 g/mol. The first-order valence-corrected chi connectivity index (χ1v) is 5.73. The van der Waals surface area contributed by atoms with Gasteiger partial charge in [-0.15, -0.1) is 5.10 Å². The summed E-state index contributed by atoms with van der Waals surface area (Å²) in [6, 6.07) is 6.65. The maximum Gasteiger partial charge on any atom is 0.335 e. The lowest BCUT2D eigenvalue weighted by molar-refractivity contribution is 0.0697. The van der Waals surface area contributed by atoms with Crippen molar-refractivity contribution in [2.24, 2.45) is 0 Å². The fourth-order valence-electron chi connectivity index (χ4n) is 2.09. The SMILES string of the molecule is O=C(O)c1ccc(-n2nnc3c2CCNC3)cc1. The molecule has 0 amide bonds. The summed E-state index contributed by atoms with van der Waals surface area (Å²) < 4.78 is 1.78. The monoisotopic (exact) mass is 244 g/mol. The van der Waals surface area contributed by atoms with Crippen LogP contribution in [0.15, 0.2) is 24.3 Å². The molecule has 0 unspecified atom stereocenters. The summed E-state index contributed by atoms with van der Waals surface area (Å²) >= 11 is 0. The number of nitrogens with one attached hydrogen (secondary N) is 1. The highest BCUT2D eigenvalue weighted by atomic mass is 16.4. The normalized spacial score (nSPS) is 14.2. The molecule has 0 atom stereocenters. The highest BCUT2D eigenvalue weighted by Crippen LogP contribution is 2.16. The third-order valence-electron chi connectivity index (χ3n) is 3.03. The molecule has 3 rings (SSSR count). The molecule has 0 saturated heterocycles. The number of carboxylic acid groups (broad SMARTS) is 1. The number of hydrogen-bond donors (Lipinski definition) is 2. The van der Waals surface area contributed by atoms with Gasteiger partial charge < -0.3 is 10.4 Å². The maximum absolute atomic E-state index is 10.8. The van der Waals surface area contributed by atoms with Crippen LogP contribution in [0.2, 0.25) is 0 Å². The summed E-state index contributed by atoms with van der Waals surface area (Å²) in [5.41, 5.74) is 3.17. The van der Waals surface area contributed by atoms with E-state index in [1.54, 1.807) is 28.9 Å². The molecule has 2 N–H and O–H groups in total. The van der Waals surface area contributed by atoms with Crippen LogP contribution < -0.4 is 5.32 Å². The van der Waals surface area contributed by atoms with E-state index in [1.807, 2.05) is 0 Å². The van der Waals surface area contributed by atoms with Crippen molar-refractivity contribution in [1.29, 1.82) is 0 Å². The lowest BCUT2D eigenvalue weighted by atomic mass is 10.1. The van der Waals surface area contributed by atoms with Crippen LogP contribution >= 0.6 is 0 Å². The Labute approximate surface area is 103 Å². The molecule has 0 radical (unpaired) electrons. The van der Waals surface area contributed by atoms with E-state index in [4.69, 9.17) is 5.11 Å². The van der Waals surface area contributed by atoms with Gasteiger partial charge in [0.15, 0.2) is 0 Å². The van der Waals surface area contributed by atoms with Crippen molar-refractivity contribution in [3.63, 3.8) is 0 Å². The molecule has 1 aromatic carbocycles. The number of carbonyl (C=O) groups is 1. The van der Waals surface area contributed by atoms with Gasteiger partial charge in [-0.05, 0) is 24.3 Å². The fourth-order valence-corrected chi connectivity index (χ4v) is 2.09.